The van der Waals surface area contributed by atoms with Gasteiger partial charge in [-0.1, -0.05) is 20.8 Å². The summed E-state index contributed by atoms with van der Waals surface area (Å²) in [5.74, 6) is 0.451. The van der Waals surface area contributed by atoms with Crippen LogP contribution >= 0.6 is 0 Å². The Morgan fingerprint density at radius 1 is 1.31 bits per heavy atom. The molecule has 0 aromatic heterocycles. The molecule has 1 aliphatic carbocycles. The van der Waals surface area contributed by atoms with E-state index in [1.54, 1.807) is 4.90 Å². The first kappa shape index (κ1) is 19.1. The van der Waals surface area contributed by atoms with Crippen molar-refractivity contribution in [3.8, 4) is 0 Å². The summed E-state index contributed by atoms with van der Waals surface area (Å²) in [4.78, 5) is 41.2. The van der Waals surface area contributed by atoms with Gasteiger partial charge in [-0.05, 0) is 56.5 Å². The molecule has 7 nitrogen and oxygen atoms in total. The number of carbonyl (C=O) groups is 3. The maximum Gasteiger partial charge on any atom is 0.325 e. The molecule has 3 unspecified atom stereocenters. The molecule has 3 aliphatic rings. The minimum absolute atomic E-state index is 0.00402. The van der Waals surface area contributed by atoms with E-state index in [1.165, 1.54) is 0 Å². The van der Waals surface area contributed by atoms with Crippen molar-refractivity contribution in [3.05, 3.63) is 0 Å². The Balaban J connectivity index is 1.67. The Morgan fingerprint density at radius 3 is 2.69 bits per heavy atom. The molecule has 2 N–H and O–H groups in total. The van der Waals surface area contributed by atoms with Gasteiger partial charge in [0.1, 0.15) is 12.1 Å². The maximum atomic E-state index is 13.1. The molecular formula is C19H32N4O3. The van der Waals surface area contributed by atoms with E-state index in [0.717, 1.165) is 24.3 Å². The van der Waals surface area contributed by atoms with Gasteiger partial charge in [-0.15, -0.1) is 0 Å². The number of likely N-dealkylation sites (tertiary alicyclic amines) is 1. The highest BCUT2D eigenvalue weighted by Gasteiger charge is 2.56. The summed E-state index contributed by atoms with van der Waals surface area (Å²) in [5.41, 5.74) is -0.839. The van der Waals surface area contributed by atoms with Gasteiger partial charge < -0.3 is 15.5 Å². The summed E-state index contributed by atoms with van der Waals surface area (Å²) in [5, 5.41) is 6.08. The molecule has 0 aromatic rings. The van der Waals surface area contributed by atoms with E-state index in [1.807, 2.05) is 7.05 Å². The fraction of sp³-hybridized carbons (Fsp3) is 0.842. The molecule has 3 fully saturated rings. The van der Waals surface area contributed by atoms with Crippen LogP contribution in [0, 0.1) is 17.3 Å². The molecule has 0 bridgehead atoms. The number of hydrogen-bond acceptors (Lipinski definition) is 4. The zero-order valence-corrected chi connectivity index (χ0v) is 16.4. The van der Waals surface area contributed by atoms with Gasteiger partial charge >= 0.3 is 6.03 Å². The van der Waals surface area contributed by atoms with Gasteiger partial charge in [0.15, 0.2) is 0 Å². The van der Waals surface area contributed by atoms with Crippen LogP contribution in [0.2, 0.25) is 0 Å². The average molecular weight is 364 g/mol. The molecule has 0 radical (unpaired) electrons. The van der Waals surface area contributed by atoms with Gasteiger partial charge in [0, 0.05) is 13.1 Å². The molecule has 3 atom stereocenters. The van der Waals surface area contributed by atoms with Crippen molar-refractivity contribution in [2.75, 3.05) is 33.2 Å². The Morgan fingerprint density at radius 2 is 2.04 bits per heavy atom. The number of nitrogens with zero attached hydrogens (tertiary/aromatic N) is 2. The molecule has 26 heavy (non-hydrogen) atoms. The van der Waals surface area contributed by atoms with Crippen LogP contribution in [-0.2, 0) is 9.59 Å². The maximum absolute atomic E-state index is 13.1. The fourth-order valence-electron chi connectivity index (χ4n) is 5.40. The first-order valence-electron chi connectivity index (χ1n) is 9.72. The van der Waals surface area contributed by atoms with Crippen molar-refractivity contribution in [1.82, 2.24) is 20.4 Å². The quantitative estimate of drug-likeness (QED) is 0.734. The van der Waals surface area contributed by atoms with Gasteiger partial charge in [-0.2, -0.15) is 0 Å². The van der Waals surface area contributed by atoms with Crippen LogP contribution in [0.5, 0.6) is 0 Å². The molecule has 146 valence electrons. The number of nitrogens with one attached hydrogen (secondary N) is 2. The SMILES string of the molecule is CNCC1CCN(C(=O)CN2C(=O)NC3(CC(C)CC(C)(C)C3)C2=O)C1. The molecule has 1 saturated carbocycles. The normalized spacial score (nSPS) is 33.8. The Kier molecular flexibility index (Phi) is 5.03. The molecule has 4 amide bonds. The van der Waals surface area contributed by atoms with Crippen LogP contribution in [-0.4, -0.2) is 66.4 Å². The highest BCUT2D eigenvalue weighted by atomic mass is 16.2. The second kappa shape index (κ2) is 6.83. The van der Waals surface area contributed by atoms with Crippen molar-refractivity contribution < 1.29 is 14.4 Å². The molecule has 0 aromatic carbocycles. The topological polar surface area (TPSA) is 81.8 Å². The largest absolute Gasteiger partial charge is 0.341 e. The standard InChI is InChI=1S/C19H32N4O3/c1-13-7-18(2,3)12-19(8-13)16(25)23(17(26)21-19)11-15(24)22-6-5-14(10-22)9-20-4/h13-14,20H,5-12H2,1-4H3,(H,21,26). The molecular weight excluding hydrogens is 332 g/mol. The Hall–Kier alpha value is -1.63. The summed E-state index contributed by atoms with van der Waals surface area (Å²) in [6.45, 7) is 8.54. The summed E-state index contributed by atoms with van der Waals surface area (Å²) in [6.07, 6.45) is 3.28. The van der Waals surface area contributed by atoms with E-state index >= 15 is 0 Å². The van der Waals surface area contributed by atoms with E-state index in [-0.39, 0.29) is 23.8 Å². The van der Waals surface area contributed by atoms with Gasteiger partial charge in [0.25, 0.3) is 5.91 Å². The summed E-state index contributed by atoms with van der Waals surface area (Å²) in [6, 6.07) is -0.417. The zero-order chi connectivity index (χ0) is 19.1. The van der Waals surface area contributed by atoms with Crippen molar-refractivity contribution in [1.29, 1.82) is 0 Å². The lowest BCUT2D eigenvalue weighted by molar-refractivity contribution is -0.140. The van der Waals surface area contributed by atoms with Crippen molar-refractivity contribution in [3.63, 3.8) is 0 Å². The lowest BCUT2D eigenvalue weighted by Gasteiger charge is -2.43. The van der Waals surface area contributed by atoms with Gasteiger partial charge in [0.05, 0.1) is 0 Å². The van der Waals surface area contributed by atoms with Crippen LogP contribution in [0.15, 0.2) is 0 Å². The van der Waals surface area contributed by atoms with Gasteiger partial charge in [-0.3, -0.25) is 14.5 Å². The van der Waals surface area contributed by atoms with Crippen LogP contribution in [0.1, 0.15) is 46.5 Å². The van der Waals surface area contributed by atoms with Crippen molar-refractivity contribution in [2.24, 2.45) is 17.3 Å². The van der Waals surface area contributed by atoms with E-state index < -0.39 is 11.6 Å². The summed E-state index contributed by atoms with van der Waals surface area (Å²) in [7, 11) is 1.91. The second-order valence-corrected chi connectivity index (χ2v) is 9.31. The minimum atomic E-state index is -0.835. The number of rotatable bonds is 4. The molecule has 2 saturated heterocycles. The number of hydrogen-bond donors (Lipinski definition) is 2. The third-order valence-electron chi connectivity index (χ3n) is 6.05. The van der Waals surface area contributed by atoms with Crippen LogP contribution in [0.3, 0.4) is 0 Å². The van der Waals surface area contributed by atoms with E-state index in [2.05, 4.69) is 31.4 Å². The average Bonchev–Trinajstić information content (AvgIpc) is 3.05. The number of amides is 4. The minimum Gasteiger partial charge on any atom is -0.341 e. The first-order valence-corrected chi connectivity index (χ1v) is 9.72. The first-order chi connectivity index (χ1) is 12.2. The predicted octanol–water partition coefficient (Wildman–Crippen LogP) is 1.19. The molecule has 1 spiro atoms. The number of imide groups is 1. The third kappa shape index (κ3) is 3.59. The zero-order valence-electron chi connectivity index (χ0n) is 16.4. The van der Waals surface area contributed by atoms with Crippen molar-refractivity contribution >= 4 is 17.8 Å². The molecule has 2 heterocycles. The summed E-state index contributed by atoms with van der Waals surface area (Å²) >= 11 is 0. The van der Waals surface area contributed by atoms with E-state index in [0.29, 0.717) is 37.8 Å². The Labute approximate surface area is 155 Å². The molecule has 7 heteroatoms. The second-order valence-electron chi connectivity index (χ2n) is 9.31. The smallest absolute Gasteiger partial charge is 0.325 e. The lowest BCUT2D eigenvalue weighted by atomic mass is 9.64. The third-order valence-corrected chi connectivity index (χ3v) is 6.05. The lowest BCUT2D eigenvalue weighted by Crippen LogP contribution is -2.54. The highest BCUT2D eigenvalue weighted by Crippen LogP contribution is 2.46. The fourth-order valence-corrected chi connectivity index (χ4v) is 5.40. The number of urea groups is 1. The monoisotopic (exact) mass is 364 g/mol. The van der Waals surface area contributed by atoms with Crippen LogP contribution in [0.4, 0.5) is 4.79 Å². The van der Waals surface area contributed by atoms with Crippen molar-refractivity contribution in [2.45, 2.75) is 52.0 Å². The van der Waals surface area contributed by atoms with Gasteiger partial charge in [0.2, 0.25) is 5.91 Å². The highest BCUT2D eigenvalue weighted by molar-refractivity contribution is 6.09. The predicted molar refractivity (Wildman–Crippen MR) is 98.4 cm³/mol. The van der Waals surface area contributed by atoms with Crippen LogP contribution in [0.25, 0.3) is 0 Å². The Bertz CT molecular complexity index is 606. The van der Waals surface area contributed by atoms with E-state index in [9.17, 15) is 14.4 Å². The molecule has 3 rings (SSSR count). The number of carbonyl (C=O) groups excluding carboxylic acids is 3. The van der Waals surface area contributed by atoms with Crippen LogP contribution < -0.4 is 10.6 Å². The van der Waals surface area contributed by atoms with Gasteiger partial charge in [-0.25, -0.2) is 4.79 Å². The van der Waals surface area contributed by atoms with E-state index in [4.69, 9.17) is 0 Å². The molecule has 2 aliphatic heterocycles. The summed E-state index contributed by atoms with van der Waals surface area (Å²) < 4.78 is 0.